The average molecular weight is 277 g/mol. The molecule has 0 bridgehead atoms. The normalized spacial score (nSPS) is 18.8. The first kappa shape index (κ1) is 13.5. The first-order chi connectivity index (χ1) is 9.65. The summed E-state index contributed by atoms with van der Waals surface area (Å²) in [6.45, 7) is 7.72. The summed E-state index contributed by atoms with van der Waals surface area (Å²) in [6, 6.07) is 4.89. The zero-order chi connectivity index (χ0) is 14.1. The highest BCUT2D eigenvalue weighted by molar-refractivity contribution is 5.75. The third-order valence-electron chi connectivity index (χ3n) is 3.81. The van der Waals surface area contributed by atoms with E-state index in [0.29, 0.717) is 5.92 Å². The molecule has 1 aliphatic rings. The number of morpholine rings is 1. The minimum Gasteiger partial charge on any atom is -0.379 e. The van der Waals surface area contributed by atoms with Crippen LogP contribution >= 0.6 is 0 Å². The van der Waals surface area contributed by atoms with E-state index >= 15 is 0 Å². The number of rotatable bonds is 3. The second kappa shape index (κ2) is 5.50. The molecule has 4 nitrogen and oxygen atoms in total. The zero-order valence-electron chi connectivity index (χ0n) is 11.9. The molecule has 0 amide bonds. The highest BCUT2D eigenvalue weighted by atomic mass is 19.1. The number of hydrogen-bond donors (Lipinski definition) is 1. The summed E-state index contributed by atoms with van der Waals surface area (Å²) in [6.07, 6.45) is 0. The van der Waals surface area contributed by atoms with Crippen LogP contribution in [-0.2, 0) is 4.74 Å². The summed E-state index contributed by atoms with van der Waals surface area (Å²) in [7, 11) is 0. The molecule has 0 spiro atoms. The van der Waals surface area contributed by atoms with Crippen LogP contribution in [0.3, 0.4) is 0 Å². The van der Waals surface area contributed by atoms with E-state index in [-0.39, 0.29) is 11.9 Å². The number of benzene rings is 1. The quantitative estimate of drug-likeness (QED) is 0.938. The molecule has 108 valence electrons. The standard InChI is InChI=1S/C15H20FN3O/c1-10(2)14(19-5-7-20-8-6-19)15-17-12-4-3-11(16)9-13(12)18-15/h3-4,9-10,14H,5-8H2,1-2H3,(H,17,18). The van der Waals surface area contributed by atoms with Gasteiger partial charge in [-0.1, -0.05) is 13.8 Å². The number of imidazole rings is 1. The lowest BCUT2D eigenvalue weighted by Crippen LogP contribution is -2.41. The van der Waals surface area contributed by atoms with Crippen LogP contribution in [-0.4, -0.2) is 41.2 Å². The number of nitrogens with zero attached hydrogens (tertiary/aromatic N) is 2. The fourth-order valence-corrected chi connectivity index (χ4v) is 2.91. The van der Waals surface area contributed by atoms with E-state index in [1.165, 1.54) is 12.1 Å². The Morgan fingerprint density at radius 3 is 2.75 bits per heavy atom. The summed E-state index contributed by atoms with van der Waals surface area (Å²) < 4.78 is 18.7. The zero-order valence-corrected chi connectivity index (χ0v) is 11.9. The van der Waals surface area contributed by atoms with Crippen molar-refractivity contribution >= 4 is 11.0 Å². The van der Waals surface area contributed by atoms with Crippen molar-refractivity contribution in [1.29, 1.82) is 0 Å². The molecule has 2 heterocycles. The van der Waals surface area contributed by atoms with Crippen molar-refractivity contribution < 1.29 is 9.13 Å². The lowest BCUT2D eigenvalue weighted by atomic mass is 10.0. The highest BCUT2D eigenvalue weighted by Crippen LogP contribution is 2.29. The maximum absolute atomic E-state index is 13.3. The average Bonchev–Trinajstić information content (AvgIpc) is 2.82. The number of ether oxygens (including phenoxy) is 1. The van der Waals surface area contributed by atoms with Gasteiger partial charge in [-0.3, -0.25) is 4.90 Å². The van der Waals surface area contributed by atoms with Gasteiger partial charge >= 0.3 is 0 Å². The molecule has 3 rings (SSSR count). The Bertz CT molecular complexity index is 590. The molecule has 2 aromatic rings. The topological polar surface area (TPSA) is 41.2 Å². The van der Waals surface area contributed by atoms with E-state index < -0.39 is 0 Å². The van der Waals surface area contributed by atoms with Crippen molar-refractivity contribution in [1.82, 2.24) is 14.9 Å². The third kappa shape index (κ3) is 2.55. The largest absolute Gasteiger partial charge is 0.379 e. The summed E-state index contributed by atoms with van der Waals surface area (Å²) in [5, 5.41) is 0. The summed E-state index contributed by atoms with van der Waals surface area (Å²) in [5.41, 5.74) is 1.58. The molecule has 1 atom stereocenters. The van der Waals surface area contributed by atoms with Gasteiger partial charge in [0, 0.05) is 13.1 Å². The van der Waals surface area contributed by atoms with Crippen LogP contribution in [0.15, 0.2) is 18.2 Å². The summed E-state index contributed by atoms with van der Waals surface area (Å²) in [5.74, 6) is 1.11. The molecule has 1 aromatic carbocycles. The molecule has 5 heteroatoms. The van der Waals surface area contributed by atoms with Gasteiger partial charge in [0.1, 0.15) is 11.6 Å². The van der Waals surface area contributed by atoms with Crippen LogP contribution in [0.4, 0.5) is 4.39 Å². The Kier molecular flexibility index (Phi) is 3.72. The van der Waals surface area contributed by atoms with Crippen LogP contribution in [0.2, 0.25) is 0 Å². The number of halogens is 1. The van der Waals surface area contributed by atoms with E-state index in [2.05, 4.69) is 28.7 Å². The molecule has 0 radical (unpaired) electrons. The van der Waals surface area contributed by atoms with Gasteiger partial charge in [-0.15, -0.1) is 0 Å². The van der Waals surface area contributed by atoms with Crippen molar-refractivity contribution in [3.63, 3.8) is 0 Å². The summed E-state index contributed by atoms with van der Waals surface area (Å²) >= 11 is 0. The van der Waals surface area contributed by atoms with Crippen LogP contribution in [0.25, 0.3) is 11.0 Å². The van der Waals surface area contributed by atoms with Crippen LogP contribution in [0.5, 0.6) is 0 Å². The van der Waals surface area contributed by atoms with Crippen LogP contribution < -0.4 is 0 Å². The van der Waals surface area contributed by atoms with Crippen molar-refractivity contribution in [3.8, 4) is 0 Å². The molecule has 0 saturated carbocycles. The van der Waals surface area contributed by atoms with E-state index in [1.54, 1.807) is 6.07 Å². The van der Waals surface area contributed by atoms with Gasteiger partial charge < -0.3 is 9.72 Å². The molecule has 1 saturated heterocycles. The van der Waals surface area contributed by atoms with Crippen LogP contribution in [0.1, 0.15) is 25.7 Å². The Labute approximate surface area is 117 Å². The van der Waals surface area contributed by atoms with Crippen molar-refractivity contribution in [2.75, 3.05) is 26.3 Å². The SMILES string of the molecule is CC(C)C(c1nc2ccc(F)cc2[nH]1)N1CCOCC1. The monoisotopic (exact) mass is 277 g/mol. The molecular weight excluding hydrogens is 257 g/mol. The minimum atomic E-state index is -0.236. The Morgan fingerprint density at radius 2 is 2.05 bits per heavy atom. The van der Waals surface area contributed by atoms with E-state index in [1.807, 2.05) is 0 Å². The third-order valence-corrected chi connectivity index (χ3v) is 3.81. The minimum absolute atomic E-state index is 0.217. The first-order valence-corrected chi connectivity index (χ1v) is 7.12. The number of aromatic nitrogens is 2. The van der Waals surface area contributed by atoms with Crippen molar-refractivity contribution in [2.24, 2.45) is 5.92 Å². The van der Waals surface area contributed by atoms with Gasteiger partial charge in [-0.25, -0.2) is 9.37 Å². The van der Waals surface area contributed by atoms with E-state index in [0.717, 1.165) is 43.2 Å². The lowest BCUT2D eigenvalue weighted by molar-refractivity contribution is 0.00372. The van der Waals surface area contributed by atoms with E-state index in [9.17, 15) is 4.39 Å². The van der Waals surface area contributed by atoms with Gasteiger partial charge in [0.15, 0.2) is 0 Å². The highest BCUT2D eigenvalue weighted by Gasteiger charge is 2.27. The Hall–Kier alpha value is -1.46. The lowest BCUT2D eigenvalue weighted by Gasteiger charge is -2.35. The number of H-pyrrole nitrogens is 1. The number of nitrogens with one attached hydrogen (secondary N) is 1. The van der Waals surface area contributed by atoms with Gasteiger partial charge in [0.05, 0.1) is 30.3 Å². The van der Waals surface area contributed by atoms with E-state index in [4.69, 9.17) is 4.74 Å². The number of fused-ring (bicyclic) bond motifs is 1. The molecule has 0 aliphatic carbocycles. The molecule has 20 heavy (non-hydrogen) atoms. The van der Waals surface area contributed by atoms with Crippen molar-refractivity contribution in [2.45, 2.75) is 19.9 Å². The molecule has 1 aliphatic heterocycles. The molecule has 1 aromatic heterocycles. The Balaban J connectivity index is 1.96. The Morgan fingerprint density at radius 1 is 1.30 bits per heavy atom. The summed E-state index contributed by atoms with van der Waals surface area (Å²) in [4.78, 5) is 10.3. The first-order valence-electron chi connectivity index (χ1n) is 7.12. The van der Waals surface area contributed by atoms with Crippen molar-refractivity contribution in [3.05, 3.63) is 29.8 Å². The fourth-order valence-electron chi connectivity index (χ4n) is 2.91. The second-order valence-corrected chi connectivity index (χ2v) is 5.62. The maximum atomic E-state index is 13.3. The van der Waals surface area contributed by atoms with Gasteiger partial charge in [0.25, 0.3) is 0 Å². The molecular formula is C15H20FN3O. The number of aromatic amines is 1. The van der Waals surface area contributed by atoms with Crippen LogP contribution in [0, 0.1) is 11.7 Å². The fraction of sp³-hybridized carbons (Fsp3) is 0.533. The molecule has 1 fully saturated rings. The predicted molar refractivity (Wildman–Crippen MR) is 76.0 cm³/mol. The molecule has 1 unspecified atom stereocenters. The smallest absolute Gasteiger partial charge is 0.125 e. The maximum Gasteiger partial charge on any atom is 0.125 e. The number of hydrogen-bond acceptors (Lipinski definition) is 3. The second-order valence-electron chi connectivity index (χ2n) is 5.62. The van der Waals surface area contributed by atoms with Gasteiger partial charge in [0.2, 0.25) is 0 Å². The van der Waals surface area contributed by atoms with Gasteiger partial charge in [-0.05, 0) is 24.1 Å². The van der Waals surface area contributed by atoms with Gasteiger partial charge in [-0.2, -0.15) is 0 Å². The predicted octanol–water partition coefficient (Wildman–Crippen LogP) is 2.73. The molecule has 1 N–H and O–H groups in total.